The first-order valence-electron chi connectivity index (χ1n) is 7.08. The lowest BCUT2D eigenvalue weighted by molar-refractivity contribution is -0.152. The molecule has 2 fully saturated rings. The number of amides is 2. The molecule has 104 valence electrons. The molecular weight excluding hydrogens is 228 g/mol. The topological polar surface area (TPSA) is 32.8 Å². The summed E-state index contributed by atoms with van der Waals surface area (Å²) in [5.41, 5.74) is 0.246. The molecule has 2 aliphatic rings. The fourth-order valence-corrected chi connectivity index (χ4v) is 3.84. The van der Waals surface area contributed by atoms with Crippen LogP contribution in [-0.2, 0) is 4.74 Å². The molecule has 0 N–H and O–H groups in total. The van der Waals surface area contributed by atoms with Crippen LogP contribution in [0.15, 0.2) is 0 Å². The van der Waals surface area contributed by atoms with Crippen molar-refractivity contribution in [3.05, 3.63) is 0 Å². The molecule has 0 aromatic heterocycles. The number of ether oxygens (including phenoxy) is 1. The second kappa shape index (κ2) is 5.08. The molecule has 0 unspecified atom stereocenters. The van der Waals surface area contributed by atoms with E-state index in [1.54, 1.807) is 4.90 Å². The van der Waals surface area contributed by atoms with Gasteiger partial charge in [-0.1, -0.05) is 12.8 Å². The molecule has 0 bridgehead atoms. The minimum Gasteiger partial charge on any atom is -0.378 e. The van der Waals surface area contributed by atoms with Crippen LogP contribution in [0.2, 0.25) is 0 Å². The quantitative estimate of drug-likeness (QED) is 0.774. The van der Waals surface area contributed by atoms with Crippen LogP contribution < -0.4 is 0 Å². The van der Waals surface area contributed by atoms with Gasteiger partial charge < -0.3 is 14.5 Å². The van der Waals surface area contributed by atoms with Crippen LogP contribution in [0.1, 0.15) is 39.0 Å². The maximum absolute atomic E-state index is 12.1. The summed E-state index contributed by atoms with van der Waals surface area (Å²) in [5, 5.41) is 0. The maximum atomic E-state index is 12.1. The molecule has 4 nitrogen and oxygen atoms in total. The zero-order valence-electron chi connectivity index (χ0n) is 12.1. The van der Waals surface area contributed by atoms with E-state index in [0.717, 1.165) is 13.0 Å². The summed E-state index contributed by atoms with van der Waals surface area (Å²) in [6.45, 7) is 2.84. The third-order valence-electron chi connectivity index (χ3n) is 4.80. The van der Waals surface area contributed by atoms with Crippen LogP contribution in [0.3, 0.4) is 0 Å². The van der Waals surface area contributed by atoms with E-state index in [0.29, 0.717) is 12.1 Å². The smallest absolute Gasteiger partial charge is 0.319 e. The molecule has 1 spiro atoms. The average molecular weight is 254 g/mol. The lowest BCUT2D eigenvalue weighted by Gasteiger charge is -2.57. The van der Waals surface area contributed by atoms with Crippen molar-refractivity contribution in [2.75, 3.05) is 27.7 Å². The first-order chi connectivity index (χ1) is 8.53. The Bertz CT molecular complexity index is 311. The molecule has 2 saturated carbocycles. The average Bonchev–Trinajstić information content (AvgIpc) is 2.84. The summed E-state index contributed by atoms with van der Waals surface area (Å²) in [7, 11) is 5.58. The third kappa shape index (κ3) is 2.00. The van der Waals surface area contributed by atoms with Gasteiger partial charge in [-0.05, 0) is 26.2 Å². The Hall–Kier alpha value is -0.770. The Kier molecular flexibility index (Phi) is 3.85. The number of rotatable bonds is 3. The molecule has 2 amide bonds. The summed E-state index contributed by atoms with van der Waals surface area (Å²) >= 11 is 0. The normalized spacial score (nSPS) is 29.1. The minimum atomic E-state index is 0.112. The van der Waals surface area contributed by atoms with E-state index in [4.69, 9.17) is 4.74 Å². The molecule has 0 radical (unpaired) electrons. The van der Waals surface area contributed by atoms with E-state index in [2.05, 4.69) is 6.92 Å². The van der Waals surface area contributed by atoms with E-state index < -0.39 is 0 Å². The first kappa shape index (κ1) is 13.7. The number of carbonyl (C=O) groups is 1. The molecule has 0 aromatic rings. The first-order valence-corrected chi connectivity index (χ1v) is 7.08. The third-order valence-corrected chi connectivity index (χ3v) is 4.80. The van der Waals surface area contributed by atoms with Gasteiger partial charge in [0.25, 0.3) is 0 Å². The zero-order chi connectivity index (χ0) is 13.3. The van der Waals surface area contributed by atoms with E-state index in [1.807, 2.05) is 26.0 Å². The predicted octanol–water partition coefficient (Wildman–Crippen LogP) is 2.34. The molecule has 2 rings (SSSR count). The van der Waals surface area contributed by atoms with Crippen molar-refractivity contribution in [3.63, 3.8) is 0 Å². The minimum absolute atomic E-state index is 0.112. The summed E-state index contributed by atoms with van der Waals surface area (Å²) in [6.07, 6.45) is 6.37. The molecule has 2 atom stereocenters. The molecule has 4 heteroatoms. The number of urea groups is 1. The maximum Gasteiger partial charge on any atom is 0.319 e. The van der Waals surface area contributed by atoms with Crippen molar-refractivity contribution in [2.24, 2.45) is 5.41 Å². The lowest BCUT2D eigenvalue weighted by atomic mass is 9.60. The summed E-state index contributed by atoms with van der Waals surface area (Å²) < 4.78 is 5.88. The highest BCUT2D eigenvalue weighted by Gasteiger charge is 2.58. The molecule has 2 aliphatic carbocycles. The molecule has 0 saturated heterocycles. The van der Waals surface area contributed by atoms with Gasteiger partial charge in [0.15, 0.2) is 0 Å². The molecular formula is C14H26N2O2. The van der Waals surface area contributed by atoms with Gasteiger partial charge in [0.05, 0.1) is 6.10 Å². The number of carbonyl (C=O) groups excluding carboxylic acids is 1. The lowest BCUT2D eigenvalue weighted by Crippen LogP contribution is -2.64. The second-order valence-electron chi connectivity index (χ2n) is 5.92. The van der Waals surface area contributed by atoms with E-state index >= 15 is 0 Å². The highest BCUT2D eigenvalue weighted by Crippen LogP contribution is 2.56. The van der Waals surface area contributed by atoms with Gasteiger partial charge in [-0.3, -0.25) is 0 Å². The number of hydrogen-bond donors (Lipinski definition) is 0. The monoisotopic (exact) mass is 254 g/mol. The fraction of sp³-hybridized carbons (Fsp3) is 0.929. The summed E-state index contributed by atoms with van der Waals surface area (Å²) in [4.78, 5) is 15.7. The van der Waals surface area contributed by atoms with Gasteiger partial charge >= 0.3 is 6.03 Å². The predicted molar refractivity (Wildman–Crippen MR) is 71.6 cm³/mol. The second-order valence-corrected chi connectivity index (χ2v) is 5.92. The van der Waals surface area contributed by atoms with E-state index in [-0.39, 0.29) is 11.4 Å². The molecule has 0 heterocycles. The van der Waals surface area contributed by atoms with Crippen molar-refractivity contribution in [1.82, 2.24) is 9.80 Å². The molecule has 0 aromatic carbocycles. The highest BCUT2D eigenvalue weighted by atomic mass is 16.5. The van der Waals surface area contributed by atoms with Crippen LogP contribution in [-0.4, -0.2) is 55.7 Å². The van der Waals surface area contributed by atoms with Gasteiger partial charge in [0.1, 0.15) is 0 Å². The Morgan fingerprint density at radius 2 is 1.89 bits per heavy atom. The van der Waals surface area contributed by atoms with Crippen LogP contribution in [0.25, 0.3) is 0 Å². The number of hydrogen-bond acceptors (Lipinski definition) is 2. The SMILES string of the molecule is CCO[C@H]1C[C@@H](N(C)C(=O)N(C)C)C12CCCC2. The van der Waals surface area contributed by atoms with Gasteiger partial charge in [-0.25, -0.2) is 4.79 Å². The molecule has 0 aliphatic heterocycles. The van der Waals surface area contributed by atoms with Gasteiger partial charge in [0.2, 0.25) is 0 Å². The number of nitrogens with zero attached hydrogens (tertiary/aromatic N) is 2. The highest BCUT2D eigenvalue weighted by molar-refractivity contribution is 5.74. The van der Waals surface area contributed by atoms with Gasteiger partial charge in [-0.2, -0.15) is 0 Å². The Morgan fingerprint density at radius 3 is 2.39 bits per heavy atom. The van der Waals surface area contributed by atoms with Crippen molar-refractivity contribution < 1.29 is 9.53 Å². The summed E-state index contributed by atoms with van der Waals surface area (Å²) in [6, 6.07) is 0.479. The van der Waals surface area contributed by atoms with Crippen molar-refractivity contribution in [2.45, 2.75) is 51.2 Å². The van der Waals surface area contributed by atoms with Crippen LogP contribution in [0, 0.1) is 5.41 Å². The van der Waals surface area contributed by atoms with Crippen LogP contribution in [0.5, 0.6) is 0 Å². The van der Waals surface area contributed by atoms with Gasteiger partial charge in [0, 0.05) is 39.2 Å². The standard InChI is InChI=1S/C14H26N2O2/c1-5-18-12-10-11(14(12)8-6-7-9-14)16(4)13(17)15(2)3/h11-12H,5-10H2,1-4H3/t11-,12+/m1/s1. The zero-order valence-corrected chi connectivity index (χ0v) is 12.1. The molecule has 18 heavy (non-hydrogen) atoms. The van der Waals surface area contributed by atoms with Crippen LogP contribution >= 0.6 is 0 Å². The Balaban J connectivity index is 2.08. The van der Waals surface area contributed by atoms with Crippen molar-refractivity contribution in [1.29, 1.82) is 0 Å². The van der Waals surface area contributed by atoms with Crippen molar-refractivity contribution in [3.8, 4) is 0 Å². The van der Waals surface area contributed by atoms with E-state index in [9.17, 15) is 4.79 Å². The fourth-order valence-electron chi connectivity index (χ4n) is 3.84. The van der Waals surface area contributed by atoms with E-state index in [1.165, 1.54) is 25.7 Å². The van der Waals surface area contributed by atoms with Crippen LogP contribution in [0.4, 0.5) is 4.79 Å². The Morgan fingerprint density at radius 1 is 1.28 bits per heavy atom. The summed E-state index contributed by atoms with van der Waals surface area (Å²) in [5.74, 6) is 0. The van der Waals surface area contributed by atoms with Gasteiger partial charge in [-0.15, -0.1) is 0 Å². The largest absolute Gasteiger partial charge is 0.378 e. The van der Waals surface area contributed by atoms with Crippen molar-refractivity contribution >= 4 is 6.03 Å². The Labute approximate surface area is 110 Å².